The van der Waals surface area contributed by atoms with E-state index in [2.05, 4.69) is 20.7 Å². The maximum atomic E-state index is 13.0. The quantitative estimate of drug-likeness (QED) is 0.0924. The van der Waals surface area contributed by atoms with Crippen LogP contribution in [0.15, 0.2) is 24.3 Å². The van der Waals surface area contributed by atoms with Crippen LogP contribution in [0.2, 0.25) is 0 Å². The minimum absolute atomic E-state index is 0.100. The van der Waals surface area contributed by atoms with Crippen LogP contribution in [-0.4, -0.2) is 91.9 Å². The Bertz CT molecular complexity index is 1120. The summed E-state index contributed by atoms with van der Waals surface area (Å²) in [6, 6.07) is 5.03. The molecule has 0 saturated heterocycles. The molecule has 1 saturated carbocycles. The Labute approximate surface area is 279 Å². The number of likely N-dealkylation sites (N-methyl/N-ethyl adjacent to an activating group) is 1. The standard InChI is InChI=1S/C35H57N5O7/c1-40(2)30(23-26-17-19-27(41)20-18-26)31(42)15-10-9-14-28(36)34(45)38-24-32(43)39-29(22-25-12-6-4-7-13-25)35(46)37-21-11-5-8-16-33(44)47-3/h17-20,25,28-30,41H,4-16,21-24,36H2,1-3H3,(H,37,46)(H,38,45)(H,39,43)/t28-,29+,30+/m1/s1. The molecular weight excluding hydrogens is 602 g/mol. The Morgan fingerprint density at radius 3 is 2.26 bits per heavy atom. The van der Waals surface area contributed by atoms with E-state index < -0.39 is 23.9 Å². The van der Waals surface area contributed by atoms with Crippen molar-refractivity contribution in [2.75, 3.05) is 34.3 Å². The molecule has 0 aromatic heterocycles. The van der Waals surface area contributed by atoms with Gasteiger partial charge in [-0.3, -0.25) is 28.9 Å². The zero-order valence-electron chi connectivity index (χ0n) is 28.6. The molecule has 0 bridgehead atoms. The van der Waals surface area contributed by atoms with Gasteiger partial charge in [-0.1, -0.05) is 57.1 Å². The first-order valence-corrected chi connectivity index (χ1v) is 17.1. The van der Waals surface area contributed by atoms with Crippen molar-refractivity contribution in [3.8, 4) is 5.75 Å². The maximum Gasteiger partial charge on any atom is 0.305 e. The van der Waals surface area contributed by atoms with Crippen LogP contribution in [0.4, 0.5) is 0 Å². The first kappa shape index (κ1) is 39.7. The first-order chi connectivity index (χ1) is 22.5. The Morgan fingerprint density at radius 2 is 1.60 bits per heavy atom. The van der Waals surface area contributed by atoms with Gasteiger partial charge in [-0.25, -0.2) is 0 Å². The lowest BCUT2D eigenvalue weighted by Crippen LogP contribution is -2.51. The van der Waals surface area contributed by atoms with Gasteiger partial charge in [-0.2, -0.15) is 0 Å². The number of hydrogen-bond acceptors (Lipinski definition) is 9. The number of carbonyl (C=O) groups excluding carboxylic acids is 5. The number of amides is 3. The number of ether oxygens (including phenoxy) is 1. The van der Waals surface area contributed by atoms with E-state index in [0.29, 0.717) is 70.3 Å². The monoisotopic (exact) mass is 659 g/mol. The van der Waals surface area contributed by atoms with Crippen molar-refractivity contribution in [3.63, 3.8) is 0 Å². The number of nitrogens with zero attached hydrogens (tertiary/aromatic N) is 1. The third kappa shape index (κ3) is 16.2. The number of unbranched alkanes of at least 4 members (excludes halogenated alkanes) is 3. The van der Waals surface area contributed by atoms with Gasteiger partial charge in [-0.15, -0.1) is 0 Å². The summed E-state index contributed by atoms with van der Waals surface area (Å²) < 4.78 is 4.64. The lowest BCUT2D eigenvalue weighted by molar-refractivity contribution is -0.140. The number of aromatic hydroxyl groups is 1. The van der Waals surface area contributed by atoms with Crippen molar-refractivity contribution in [1.82, 2.24) is 20.9 Å². The van der Waals surface area contributed by atoms with Crippen LogP contribution >= 0.6 is 0 Å². The summed E-state index contributed by atoms with van der Waals surface area (Å²) in [5.41, 5.74) is 7.04. The van der Waals surface area contributed by atoms with Crippen LogP contribution in [0.1, 0.15) is 95.5 Å². The molecule has 1 aliphatic rings. The highest BCUT2D eigenvalue weighted by atomic mass is 16.5. The smallest absolute Gasteiger partial charge is 0.305 e. The van der Waals surface area contributed by atoms with Crippen LogP contribution in [0, 0.1) is 5.92 Å². The SMILES string of the molecule is COC(=O)CCCCCNC(=O)[C@H](CC1CCCCC1)NC(=O)CNC(=O)[C@H](N)CCCCC(=O)[C@H](Cc1ccc(O)cc1)N(C)C. The number of carbonyl (C=O) groups is 5. The predicted octanol–water partition coefficient (Wildman–Crippen LogP) is 2.74. The molecule has 12 heteroatoms. The molecule has 1 aliphatic carbocycles. The van der Waals surface area contributed by atoms with E-state index in [1.54, 1.807) is 12.1 Å². The van der Waals surface area contributed by atoms with Crippen molar-refractivity contribution in [1.29, 1.82) is 0 Å². The third-order valence-electron chi connectivity index (χ3n) is 8.84. The van der Waals surface area contributed by atoms with E-state index in [4.69, 9.17) is 5.73 Å². The Balaban J connectivity index is 1.74. The number of nitrogens with one attached hydrogen (secondary N) is 3. The molecule has 1 aromatic carbocycles. The number of hydrogen-bond donors (Lipinski definition) is 5. The van der Waals surface area contributed by atoms with Crippen molar-refractivity contribution in [3.05, 3.63) is 29.8 Å². The molecule has 6 N–H and O–H groups in total. The number of methoxy groups -OCH3 is 1. The van der Waals surface area contributed by atoms with Crippen molar-refractivity contribution < 1.29 is 33.8 Å². The average Bonchev–Trinajstić information content (AvgIpc) is 3.06. The van der Waals surface area contributed by atoms with E-state index >= 15 is 0 Å². The molecule has 2 rings (SSSR count). The van der Waals surface area contributed by atoms with Gasteiger partial charge in [0.05, 0.1) is 25.7 Å². The molecular formula is C35H57N5O7. The van der Waals surface area contributed by atoms with E-state index in [1.807, 2.05) is 31.1 Å². The van der Waals surface area contributed by atoms with E-state index in [0.717, 1.165) is 37.7 Å². The number of rotatable bonds is 22. The number of Topliss-reactive ketones (excluding diaryl/α,β-unsaturated/α-hetero) is 1. The lowest BCUT2D eigenvalue weighted by Gasteiger charge is -2.26. The fraction of sp³-hybridized carbons (Fsp3) is 0.686. The van der Waals surface area contributed by atoms with Gasteiger partial charge in [0.15, 0.2) is 0 Å². The van der Waals surface area contributed by atoms with E-state index in [1.165, 1.54) is 13.5 Å². The van der Waals surface area contributed by atoms with Crippen LogP contribution in [0.5, 0.6) is 5.75 Å². The van der Waals surface area contributed by atoms with Gasteiger partial charge in [0.1, 0.15) is 17.6 Å². The first-order valence-electron chi connectivity index (χ1n) is 17.1. The summed E-state index contributed by atoms with van der Waals surface area (Å²) >= 11 is 0. The number of phenols is 1. The van der Waals surface area contributed by atoms with Crippen LogP contribution in [-0.2, 0) is 35.1 Å². The molecule has 0 radical (unpaired) electrons. The largest absolute Gasteiger partial charge is 0.508 e. The molecule has 12 nitrogen and oxygen atoms in total. The number of ketones is 1. The zero-order chi connectivity index (χ0) is 34.6. The number of nitrogens with two attached hydrogens (primary N) is 1. The average molecular weight is 660 g/mol. The Kier molecular flexibility index (Phi) is 18.7. The second kappa shape index (κ2) is 22.1. The second-order valence-corrected chi connectivity index (χ2v) is 12.9. The van der Waals surface area contributed by atoms with Crippen molar-refractivity contribution in [2.45, 2.75) is 114 Å². The summed E-state index contributed by atoms with van der Waals surface area (Å²) in [6.07, 6.45) is 11.0. The number of benzene rings is 1. The fourth-order valence-electron chi connectivity index (χ4n) is 5.94. The molecule has 47 heavy (non-hydrogen) atoms. The fourth-order valence-corrected chi connectivity index (χ4v) is 5.94. The van der Waals surface area contributed by atoms with Gasteiger partial charge in [0, 0.05) is 19.4 Å². The molecule has 0 aliphatic heterocycles. The summed E-state index contributed by atoms with van der Waals surface area (Å²) in [7, 11) is 5.09. The van der Waals surface area contributed by atoms with E-state index in [9.17, 15) is 29.1 Å². The van der Waals surface area contributed by atoms with Gasteiger partial charge in [0.2, 0.25) is 17.7 Å². The molecule has 0 spiro atoms. The molecule has 0 heterocycles. The highest BCUT2D eigenvalue weighted by Crippen LogP contribution is 2.27. The van der Waals surface area contributed by atoms with E-state index in [-0.39, 0.29) is 36.0 Å². The normalized spacial score (nSPS) is 15.3. The van der Waals surface area contributed by atoms with Crippen molar-refractivity contribution >= 4 is 29.5 Å². The van der Waals surface area contributed by atoms with Crippen molar-refractivity contribution in [2.24, 2.45) is 11.7 Å². The molecule has 1 fully saturated rings. The van der Waals surface area contributed by atoms with Gasteiger partial charge < -0.3 is 31.5 Å². The lowest BCUT2D eigenvalue weighted by atomic mass is 9.84. The molecule has 1 aromatic rings. The molecule has 3 atom stereocenters. The summed E-state index contributed by atoms with van der Waals surface area (Å²) in [4.78, 5) is 64.5. The predicted molar refractivity (Wildman–Crippen MR) is 180 cm³/mol. The number of phenolic OH excluding ortho intramolecular Hbond substituents is 1. The van der Waals surface area contributed by atoms with Crippen LogP contribution in [0.3, 0.4) is 0 Å². The minimum Gasteiger partial charge on any atom is -0.508 e. The van der Waals surface area contributed by atoms with Crippen LogP contribution < -0.4 is 21.7 Å². The third-order valence-corrected chi connectivity index (χ3v) is 8.84. The Hall–Kier alpha value is -3.51. The minimum atomic E-state index is -0.819. The van der Waals surface area contributed by atoms with Gasteiger partial charge in [0.25, 0.3) is 0 Å². The highest BCUT2D eigenvalue weighted by molar-refractivity contribution is 5.91. The molecule has 264 valence electrons. The second-order valence-electron chi connectivity index (χ2n) is 12.9. The Morgan fingerprint density at radius 1 is 0.915 bits per heavy atom. The molecule has 3 amide bonds. The summed E-state index contributed by atoms with van der Waals surface area (Å²) in [5.74, 6) is -0.755. The van der Waals surface area contributed by atoms with Gasteiger partial charge in [-0.05, 0) is 76.2 Å². The maximum absolute atomic E-state index is 13.0. The highest BCUT2D eigenvalue weighted by Gasteiger charge is 2.26. The molecule has 0 unspecified atom stereocenters. The topological polar surface area (TPSA) is 180 Å². The van der Waals surface area contributed by atoms with Crippen LogP contribution in [0.25, 0.3) is 0 Å². The zero-order valence-corrected chi connectivity index (χ0v) is 28.6. The number of esters is 1. The summed E-state index contributed by atoms with van der Waals surface area (Å²) in [5, 5.41) is 17.8. The van der Waals surface area contributed by atoms with Gasteiger partial charge >= 0.3 is 5.97 Å². The summed E-state index contributed by atoms with van der Waals surface area (Å²) in [6.45, 7) is 0.164.